The lowest BCUT2D eigenvalue weighted by Crippen LogP contribution is -2.50. The predicted octanol–water partition coefficient (Wildman–Crippen LogP) is 1.34. The summed E-state index contributed by atoms with van der Waals surface area (Å²) in [5.74, 6) is 0.662. The topological polar surface area (TPSA) is 53.5 Å². The second-order valence-corrected chi connectivity index (χ2v) is 8.69. The van der Waals surface area contributed by atoms with Crippen molar-refractivity contribution >= 4 is 9.84 Å². The van der Waals surface area contributed by atoms with Crippen molar-refractivity contribution in [3.8, 4) is 0 Å². The number of likely N-dealkylation sites (tertiary alicyclic amines) is 1. The highest BCUT2D eigenvalue weighted by Gasteiger charge is 2.31. The first-order valence-electron chi connectivity index (χ1n) is 8.14. The fraction of sp³-hybridized carbons (Fsp3) is 0.688. The summed E-state index contributed by atoms with van der Waals surface area (Å²) in [5, 5.41) is 0. The van der Waals surface area contributed by atoms with Gasteiger partial charge >= 0.3 is 0 Å². The second-order valence-electron chi connectivity index (χ2n) is 6.39. The number of nitrogens with zero attached hydrogens (tertiary/aromatic N) is 3. The van der Waals surface area contributed by atoms with Crippen LogP contribution in [-0.2, 0) is 9.84 Å². The molecule has 0 amide bonds. The molecule has 6 heteroatoms. The first kappa shape index (κ1) is 15.9. The zero-order chi connectivity index (χ0) is 15.6. The van der Waals surface area contributed by atoms with E-state index in [2.05, 4.69) is 27.8 Å². The van der Waals surface area contributed by atoms with Gasteiger partial charge in [-0.15, -0.1) is 0 Å². The van der Waals surface area contributed by atoms with E-state index < -0.39 is 9.84 Å². The fourth-order valence-corrected chi connectivity index (χ4v) is 4.77. The highest BCUT2D eigenvalue weighted by atomic mass is 32.2. The van der Waals surface area contributed by atoms with Gasteiger partial charge in [0, 0.05) is 44.5 Å². The maximum atomic E-state index is 11.5. The predicted molar refractivity (Wildman–Crippen MR) is 87.5 cm³/mol. The molecule has 0 saturated carbocycles. The molecule has 2 aliphatic rings. The highest BCUT2D eigenvalue weighted by Crippen LogP contribution is 2.25. The Bertz CT molecular complexity index is 569. The van der Waals surface area contributed by atoms with Crippen LogP contribution < -0.4 is 0 Å². The van der Waals surface area contributed by atoms with Crippen molar-refractivity contribution in [2.45, 2.75) is 31.8 Å². The van der Waals surface area contributed by atoms with Gasteiger partial charge in [0.15, 0.2) is 9.84 Å². The van der Waals surface area contributed by atoms with Crippen LogP contribution in [0.2, 0.25) is 0 Å². The van der Waals surface area contributed by atoms with Crippen molar-refractivity contribution in [1.29, 1.82) is 0 Å². The lowest BCUT2D eigenvalue weighted by atomic mass is 10.0. The van der Waals surface area contributed by atoms with E-state index in [9.17, 15) is 8.42 Å². The molecular formula is C16H25N3O2S. The van der Waals surface area contributed by atoms with Crippen molar-refractivity contribution in [3.63, 3.8) is 0 Å². The van der Waals surface area contributed by atoms with Gasteiger partial charge in [0.2, 0.25) is 0 Å². The van der Waals surface area contributed by atoms with Gasteiger partial charge in [-0.3, -0.25) is 14.8 Å². The summed E-state index contributed by atoms with van der Waals surface area (Å²) in [5.41, 5.74) is 1.13. The Balaban J connectivity index is 1.52. The van der Waals surface area contributed by atoms with Crippen LogP contribution in [0.3, 0.4) is 0 Å². The van der Waals surface area contributed by atoms with Gasteiger partial charge in [0.25, 0.3) is 0 Å². The molecule has 3 heterocycles. The largest absolute Gasteiger partial charge is 0.298 e. The van der Waals surface area contributed by atoms with Crippen LogP contribution in [0.1, 0.15) is 31.5 Å². The zero-order valence-corrected chi connectivity index (χ0v) is 14.0. The third kappa shape index (κ3) is 3.67. The third-order valence-corrected chi connectivity index (χ3v) is 6.67. The Morgan fingerprint density at radius 1 is 1.14 bits per heavy atom. The van der Waals surface area contributed by atoms with E-state index in [0.717, 1.165) is 31.6 Å². The Morgan fingerprint density at radius 2 is 1.82 bits per heavy atom. The minimum atomic E-state index is -2.77. The molecule has 3 rings (SSSR count). The van der Waals surface area contributed by atoms with Gasteiger partial charge in [0.05, 0.1) is 17.2 Å². The van der Waals surface area contributed by atoms with E-state index >= 15 is 0 Å². The lowest BCUT2D eigenvalue weighted by Gasteiger charge is -2.41. The fourth-order valence-electron chi connectivity index (χ4n) is 3.54. The van der Waals surface area contributed by atoms with Crippen LogP contribution in [0, 0.1) is 0 Å². The standard InChI is InChI=1S/C16H25N3O2S/c1-14(16-4-2-3-7-17-16)18-8-5-15(6-9-18)19-10-12-22(20,21)13-11-19/h2-4,7,14-15H,5-6,8-13H2,1H3/t14-/m1/s1. The van der Waals surface area contributed by atoms with E-state index in [-0.39, 0.29) is 0 Å². The SMILES string of the molecule is C[C@H](c1ccccn1)N1CCC(N2CCS(=O)(=O)CC2)CC1. The van der Waals surface area contributed by atoms with Crippen molar-refractivity contribution in [2.75, 3.05) is 37.7 Å². The number of pyridine rings is 1. The summed E-state index contributed by atoms with van der Waals surface area (Å²) < 4.78 is 23.1. The zero-order valence-electron chi connectivity index (χ0n) is 13.2. The molecule has 2 fully saturated rings. The molecule has 0 aromatic carbocycles. The molecule has 0 radical (unpaired) electrons. The minimum Gasteiger partial charge on any atom is -0.298 e. The molecule has 1 atom stereocenters. The summed E-state index contributed by atoms with van der Waals surface area (Å²) in [6, 6.07) is 6.98. The molecule has 2 aliphatic heterocycles. The molecule has 1 aromatic heterocycles. The number of hydrogen-bond donors (Lipinski definition) is 0. The average Bonchev–Trinajstić information content (AvgIpc) is 2.55. The monoisotopic (exact) mass is 323 g/mol. The number of piperidine rings is 1. The van der Waals surface area contributed by atoms with Crippen molar-refractivity contribution in [2.24, 2.45) is 0 Å². The van der Waals surface area contributed by atoms with Gasteiger partial charge in [0.1, 0.15) is 0 Å². The lowest BCUT2D eigenvalue weighted by molar-refractivity contribution is 0.0915. The Labute approximate surface area is 133 Å². The summed E-state index contributed by atoms with van der Waals surface area (Å²) >= 11 is 0. The van der Waals surface area contributed by atoms with Gasteiger partial charge in [-0.25, -0.2) is 8.42 Å². The molecule has 0 aliphatic carbocycles. The maximum Gasteiger partial charge on any atom is 0.152 e. The van der Waals surface area contributed by atoms with Gasteiger partial charge in [-0.2, -0.15) is 0 Å². The van der Waals surface area contributed by atoms with Crippen LogP contribution in [0.25, 0.3) is 0 Å². The summed E-state index contributed by atoms with van der Waals surface area (Å²) in [7, 11) is -2.77. The number of hydrogen-bond acceptors (Lipinski definition) is 5. The molecule has 1 aromatic rings. The smallest absolute Gasteiger partial charge is 0.152 e. The molecule has 0 N–H and O–H groups in total. The van der Waals surface area contributed by atoms with E-state index in [1.54, 1.807) is 0 Å². The Hall–Kier alpha value is -0.980. The van der Waals surface area contributed by atoms with Crippen molar-refractivity contribution in [1.82, 2.24) is 14.8 Å². The van der Waals surface area contributed by atoms with Gasteiger partial charge < -0.3 is 0 Å². The van der Waals surface area contributed by atoms with E-state index in [0.29, 0.717) is 36.7 Å². The molecule has 2 saturated heterocycles. The van der Waals surface area contributed by atoms with Crippen molar-refractivity contribution < 1.29 is 8.42 Å². The van der Waals surface area contributed by atoms with Crippen molar-refractivity contribution in [3.05, 3.63) is 30.1 Å². The minimum absolute atomic E-state index is 0.331. The number of sulfone groups is 1. The molecule has 0 spiro atoms. The molecule has 0 unspecified atom stereocenters. The van der Waals surface area contributed by atoms with Gasteiger partial charge in [-0.1, -0.05) is 6.07 Å². The average molecular weight is 323 g/mol. The molecule has 122 valence electrons. The first-order valence-corrected chi connectivity index (χ1v) is 9.97. The highest BCUT2D eigenvalue weighted by molar-refractivity contribution is 7.91. The van der Waals surface area contributed by atoms with Crippen LogP contribution >= 0.6 is 0 Å². The molecule has 0 bridgehead atoms. The second kappa shape index (κ2) is 6.64. The van der Waals surface area contributed by atoms with Crippen LogP contribution in [0.15, 0.2) is 24.4 Å². The summed E-state index contributed by atoms with van der Waals surface area (Å²) in [4.78, 5) is 9.32. The maximum absolute atomic E-state index is 11.5. The number of rotatable bonds is 3. The van der Waals surface area contributed by atoms with Crippen LogP contribution in [0.5, 0.6) is 0 Å². The quantitative estimate of drug-likeness (QED) is 0.840. The third-order valence-electron chi connectivity index (χ3n) is 5.06. The normalized spacial score (nSPS) is 25.9. The Morgan fingerprint density at radius 3 is 2.41 bits per heavy atom. The van der Waals surface area contributed by atoms with E-state index in [4.69, 9.17) is 0 Å². The molecular weight excluding hydrogens is 298 g/mol. The van der Waals surface area contributed by atoms with E-state index in [1.165, 1.54) is 0 Å². The van der Waals surface area contributed by atoms with Crippen LogP contribution in [0.4, 0.5) is 0 Å². The van der Waals surface area contributed by atoms with E-state index in [1.807, 2.05) is 18.3 Å². The summed E-state index contributed by atoms with van der Waals surface area (Å²) in [6.45, 7) is 5.76. The molecule has 5 nitrogen and oxygen atoms in total. The first-order chi connectivity index (χ1) is 10.6. The van der Waals surface area contributed by atoms with Crippen LogP contribution in [-0.4, -0.2) is 66.9 Å². The van der Waals surface area contributed by atoms with Gasteiger partial charge in [-0.05, 0) is 31.9 Å². The Kier molecular flexibility index (Phi) is 4.80. The number of aromatic nitrogens is 1. The summed E-state index contributed by atoms with van der Waals surface area (Å²) in [6.07, 6.45) is 4.10. The molecule has 22 heavy (non-hydrogen) atoms.